The molecule has 0 fully saturated rings. The molecule has 1 amide bonds. The van der Waals surface area contributed by atoms with Gasteiger partial charge in [0.25, 0.3) is 5.91 Å². The van der Waals surface area contributed by atoms with Crippen LogP contribution in [0.1, 0.15) is 20.8 Å². The lowest BCUT2D eigenvalue weighted by molar-refractivity contribution is -0.124. The highest BCUT2D eigenvalue weighted by Gasteiger charge is 2.18. The first kappa shape index (κ1) is 10.0. The van der Waals surface area contributed by atoms with Crippen LogP contribution < -0.4 is 0 Å². The van der Waals surface area contributed by atoms with E-state index in [1.807, 2.05) is 18.4 Å². The average molecular weight is 179 g/mol. The third-order valence-electron chi connectivity index (χ3n) is 2.24. The van der Waals surface area contributed by atoms with Crippen molar-refractivity contribution in [3.05, 3.63) is 23.9 Å². The van der Waals surface area contributed by atoms with E-state index in [1.165, 1.54) is 0 Å². The lowest BCUT2D eigenvalue weighted by Gasteiger charge is -2.15. The van der Waals surface area contributed by atoms with Crippen molar-refractivity contribution in [2.45, 2.75) is 20.8 Å². The molecule has 0 N–H and O–H groups in total. The molecule has 0 aromatic heterocycles. The van der Waals surface area contributed by atoms with Gasteiger partial charge in [-0.15, -0.1) is 0 Å². The summed E-state index contributed by atoms with van der Waals surface area (Å²) in [4.78, 5) is 13.4. The van der Waals surface area contributed by atoms with Gasteiger partial charge in [-0.05, 0) is 11.8 Å². The van der Waals surface area contributed by atoms with Crippen LogP contribution in [0.15, 0.2) is 23.9 Å². The Morgan fingerprint density at radius 1 is 1.46 bits per heavy atom. The molecular weight excluding hydrogens is 162 g/mol. The zero-order valence-electron chi connectivity index (χ0n) is 8.74. The SMILES string of the molecule is CC1C=CN(C)C(=O)C(C(C)C)=C1. The molecule has 0 radical (unpaired) electrons. The lowest BCUT2D eigenvalue weighted by atomic mass is 9.98. The van der Waals surface area contributed by atoms with Crippen molar-refractivity contribution in [1.82, 2.24) is 4.90 Å². The van der Waals surface area contributed by atoms with Gasteiger partial charge >= 0.3 is 0 Å². The molecule has 2 heteroatoms. The average Bonchev–Trinajstić information content (AvgIpc) is 2.18. The maximum atomic E-state index is 11.7. The van der Waals surface area contributed by atoms with E-state index in [0.29, 0.717) is 11.8 Å². The van der Waals surface area contributed by atoms with Gasteiger partial charge in [0.1, 0.15) is 0 Å². The Morgan fingerprint density at radius 3 is 2.62 bits per heavy atom. The highest BCUT2D eigenvalue weighted by Crippen LogP contribution is 2.19. The van der Waals surface area contributed by atoms with Crippen molar-refractivity contribution in [3.63, 3.8) is 0 Å². The van der Waals surface area contributed by atoms with Gasteiger partial charge in [-0.25, -0.2) is 0 Å². The van der Waals surface area contributed by atoms with Crippen molar-refractivity contribution in [1.29, 1.82) is 0 Å². The molecule has 2 nitrogen and oxygen atoms in total. The van der Waals surface area contributed by atoms with Gasteiger partial charge in [-0.3, -0.25) is 4.79 Å². The van der Waals surface area contributed by atoms with Crippen molar-refractivity contribution in [3.8, 4) is 0 Å². The predicted octanol–water partition coefficient (Wildman–Crippen LogP) is 2.19. The van der Waals surface area contributed by atoms with Crippen LogP contribution in [0.5, 0.6) is 0 Å². The van der Waals surface area contributed by atoms with E-state index in [4.69, 9.17) is 0 Å². The fraction of sp³-hybridized carbons (Fsp3) is 0.545. The molecule has 0 spiro atoms. The molecule has 13 heavy (non-hydrogen) atoms. The number of hydrogen-bond donors (Lipinski definition) is 0. The number of rotatable bonds is 1. The van der Waals surface area contributed by atoms with Crippen LogP contribution >= 0.6 is 0 Å². The standard InChI is InChI=1S/C11H17NO/c1-8(2)10-7-9(3)5-6-12(4)11(10)13/h5-9H,1-4H3. The summed E-state index contributed by atoms with van der Waals surface area (Å²) in [6.07, 6.45) is 5.93. The number of hydrogen-bond acceptors (Lipinski definition) is 1. The zero-order valence-corrected chi connectivity index (χ0v) is 8.74. The molecule has 0 aromatic carbocycles. The van der Waals surface area contributed by atoms with Gasteiger partial charge in [0, 0.05) is 18.8 Å². The van der Waals surface area contributed by atoms with E-state index in [0.717, 1.165) is 5.57 Å². The monoisotopic (exact) mass is 179 g/mol. The first-order valence-electron chi connectivity index (χ1n) is 4.69. The Hall–Kier alpha value is -1.05. The van der Waals surface area contributed by atoms with Gasteiger partial charge in [0.15, 0.2) is 0 Å². The molecular formula is C11H17NO. The van der Waals surface area contributed by atoms with Gasteiger partial charge in [-0.1, -0.05) is 32.9 Å². The Labute approximate surface area is 79.9 Å². The number of carbonyl (C=O) groups excluding carboxylic acids is 1. The van der Waals surface area contributed by atoms with Gasteiger partial charge in [0.2, 0.25) is 0 Å². The van der Waals surface area contributed by atoms with Crippen molar-refractivity contribution in [2.24, 2.45) is 11.8 Å². The molecule has 0 aliphatic carbocycles. The first-order valence-corrected chi connectivity index (χ1v) is 4.69. The molecule has 0 aromatic rings. The van der Waals surface area contributed by atoms with E-state index in [-0.39, 0.29) is 5.91 Å². The summed E-state index contributed by atoms with van der Waals surface area (Å²) in [5.74, 6) is 0.777. The van der Waals surface area contributed by atoms with Crippen LogP contribution in [0.4, 0.5) is 0 Å². The number of nitrogens with zero attached hydrogens (tertiary/aromatic N) is 1. The summed E-state index contributed by atoms with van der Waals surface area (Å²) in [5.41, 5.74) is 0.917. The van der Waals surface area contributed by atoms with Crippen molar-refractivity contribution in [2.75, 3.05) is 7.05 Å². The Bertz CT molecular complexity index is 263. The summed E-state index contributed by atoms with van der Waals surface area (Å²) >= 11 is 0. The molecule has 72 valence electrons. The molecule has 1 aliphatic rings. The number of carbonyl (C=O) groups is 1. The quantitative estimate of drug-likeness (QED) is 0.604. The maximum absolute atomic E-state index is 11.7. The smallest absolute Gasteiger partial charge is 0.253 e. The summed E-state index contributed by atoms with van der Waals surface area (Å²) in [5, 5.41) is 0. The van der Waals surface area contributed by atoms with Gasteiger partial charge in [-0.2, -0.15) is 0 Å². The summed E-state index contributed by atoms with van der Waals surface area (Å²) in [7, 11) is 1.80. The topological polar surface area (TPSA) is 20.3 Å². The first-order chi connectivity index (χ1) is 6.02. The fourth-order valence-electron chi connectivity index (χ4n) is 1.39. The van der Waals surface area contributed by atoms with Crippen LogP contribution in [0.2, 0.25) is 0 Å². The third-order valence-corrected chi connectivity index (χ3v) is 2.24. The second kappa shape index (κ2) is 3.77. The highest BCUT2D eigenvalue weighted by molar-refractivity contribution is 5.94. The van der Waals surface area contributed by atoms with E-state index in [1.54, 1.807) is 11.9 Å². The second-order valence-corrected chi connectivity index (χ2v) is 3.89. The highest BCUT2D eigenvalue weighted by atomic mass is 16.2. The van der Waals surface area contributed by atoms with Gasteiger partial charge in [0.05, 0.1) is 0 Å². The maximum Gasteiger partial charge on any atom is 0.253 e. The molecule has 0 saturated carbocycles. The molecule has 1 unspecified atom stereocenters. The van der Waals surface area contributed by atoms with E-state index in [9.17, 15) is 4.79 Å². The van der Waals surface area contributed by atoms with E-state index < -0.39 is 0 Å². The van der Waals surface area contributed by atoms with Crippen LogP contribution in [-0.2, 0) is 4.79 Å². The van der Waals surface area contributed by atoms with Crippen LogP contribution in [0.25, 0.3) is 0 Å². The summed E-state index contributed by atoms with van der Waals surface area (Å²) in [6, 6.07) is 0. The number of amides is 1. The molecule has 1 aliphatic heterocycles. The zero-order chi connectivity index (χ0) is 10.0. The van der Waals surface area contributed by atoms with Crippen molar-refractivity contribution < 1.29 is 4.79 Å². The lowest BCUT2D eigenvalue weighted by Crippen LogP contribution is -2.24. The number of likely N-dealkylation sites (N-methyl/N-ethyl adjacent to an activating group) is 1. The summed E-state index contributed by atoms with van der Waals surface area (Å²) < 4.78 is 0. The molecule has 0 saturated heterocycles. The second-order valence-electron chi connectivity index (χ2n) is 3.89. The minimum absolute atomic E-state index is 0.121. The Balaban J connectivity index is 2.99. The Kier molecular flexibility index (Phi) is 2.91. The van der Waals surface area contributed by atoms with Crippen LogP contribution in [0, 0.1) is 11.8 Å². The normalized spacial score (nSPS) is 23.5. The minimum atomic E-state index is 0.121. The third kappa shape index (κ3) is 2.20. The molecule has 1 heterocycles. The Morgan fingerprint density at radius 2 is 2.08 bits per heavy atom. The largest absolute Gasteiger partial charge is 0.319 e. The molecule has 1 rings (SSSR count). The number of allylic oxidation sites excluding steroid dienone is 2. The van der Waals surface area contributed by atoms with Crippen LogP contribution in [-0.4, -0.2) is 17.9 Å². The van der Waals surface area contributed by atoms with E-state index >= 15 is 0 Å². The molecule has 1 atom stereocenters. The van der Waals surface area contributed by atoms with Gasteiger partial charge < -0.3 is 4.90 Å². The summed E-state index contributed by atoms with van der Waals surface area (Å²) in [6.45, 7) is 6.19. The van der Waals surface area contributed by atoms with Crippen molar-refractivity contribution >= 4 is 5.91 Å². The van der Waals surface area contributed by atoms with Crippen LogP contribution in [0.3, 0.4) is 0 Å². The fourth-order valence-corrected chi connectivity index (χ4v) is 1.39. The van der Waals surface area contributed by atoms with E-state index in [2.05, 4.69) is 20.8 Å². The predicted molar refractivity (Wildman–Crippen MR) is 54.0 cm³/mol. The molecule has 0 bridgehead atoms. The minimum Gasteiger partial charge on any atom is -0.319 e.